The van der Waals surface area contributed by atoms with Crippen LogP contribution < -0.4 is 4.74 Å². The minimum absolute atomic E-state index is 0.0934. The SMILES string of the molecule is COc1ccc(O)c(C=N[C@@H](C)[C@H](O)c2ccc(O)cc2)c1. The molecule has 0 fully saturated rings. The van der Waals surface area contributed by atoms with Gasteiger partial charge in [0.05, 0.1) is 13.2 Å². The molecule has 0 spiro atoms. The number of hydrogen-bond donors (Lipinski definition) is 3. The van der Waals surface area contributed by atoms with Gasteiger partial charge in [-0.15, -0.1) is 0 Å². The Morgan fingerprint density at radius 2 is 1.77 bits per heavy atom. The molecule has 0 bridgehead atoms. The maximum absolute atomic E-state index is 10.2. The van der Waals surface area contributed by atoms with E-state index in [-0.39, 0.29) is 11.5 Å². The smallest absolute Gasteiger partial charge is 0.124 e. The minimum atomic E-state index is -0.801. The Morgan fingerprint density at radius 3 is 2.41 bits per heavy atom. The molecule has 2 aromatic rings. The van der Waals surface area contributed by atoms with Crippen molar-refractivity contribution in [2.24, 2.45) is 4.99 Å². The van der Waals surface area contributed by atoms with Gasteiger partial charge in [0, 0.05) is 11.8 Å². The fraction of sp³-hybridized carbons (Fsp3) is 0.235. The van der Waals surface area contributed by atoms with Crippen LogP contribution in [0.25, 0.3) is 0 Å². The summed E-state index contributed by atoms with van der Waals surface area (Å²) in [5.41, 5.74) is 1.18. The van der Waals surface area contributed by atoms with E-state index in [1.165, 1.54) is 24.4 Å². The first-order valence-corrected chi connectivity index (χ1v) is 6.88. The number of aliphatic hydroxyl groups excluding tert-OH is 1. The van der Waals surface area contributed by atoms with E-state index in [9.17, 15) is 15.3 Å². The monoisotopic (exact) mass is 301 g/mol. The number of nitrogens with zero attached hydrogens (tertiary/aromatic N) is 1. The fourth-order valence-electron chi connectivity index (χ4n) is 1.99. The molecule has 5 nitrogen and oxygen atoms in total. The number of rotatable bonds is 5. The normalized spacial score (nSPS) is 14.0. The lowest BCUT2D eigenvalue weighted by atomic mass is 10.0. The van der Waals surface area contributed by atoms with Crippen molar-refractivity contribution in [3.8, 4) is 17.2 Å². The number of aliphatic imine (C=N–C) groups is 1. The summed E-state index contributed by atoms with van der Waals surface area (Å²) in [5.74, 6) is 0.857. The Hall–Kier alpha value is -2.53. The first-order valence-electron chi connectivity index (χ1n) is 6.88. The molecule has 0 aliphatic carbocycles. The quantitative estimate of drug-likeness (QED) is 0.741. The lowest BCUT2D eigenvalue weighted by molar-refractivity contribution is 0.154. The van der Waals surface area contributed by atoms with Gasteiger partial charge in [-0.1, -0.05) is 12.1 Å². The molecule has 2 rings (SSSR count). The van der Waals surface area contributed by atoms with Crippen molar-refractivity contribution >= 4 is 6.21 Å². The van der Waals surface area contributed by atoms with Gasteiger partial charge in [-0.25, -0.2) is 0 Å². The Bertz CT molecular complexity index is 652. The van der Waals surface area contributed by atoms with Gasteiger partial charge >= 0.3 is 0 Å². The van der Waals surface area contributed by atoms with Crippen molar-refractivity contribution in [1.82, 2.24) is 0 Å². The van der Waals surface area contributed by atoms with Gasteiger partial charge in [0.2, 0.25) is 0 Å². The lowest BCUT2D eigenvalue weighted by Gasteiger charge is -2.15. The van der Waals surface area contributed by atoms with Crippen LogP contribution >= 0.6 is 0 Å². The summed E-state index contributed by atoms with van der Waals surface area (Å²) in [4.78, 5) is 4.28. The number of hydrogen-bond acceptors (Lipinski definition) is 5. The highest BCUT2D eigenvalue weighted by Gasteiger charge is 2.15. The zero-order valence-corrected chi connectivity index (χ0v) is 12.5. The molecule has 0 saturated heterocycles. The Balaban J connectivity index is 2.13. The summed E-state index contributed by atoms with van der Waals surface area (Å²) in [5, 5.41) is 29.3. The molecule has 22 heavy (non-hydrogen) atoms. The molecule has 116 valence electrons. The summed E-state index contributed by atoms with van der Waals surface area (Å²) >= 11 is 0. The van der Waals surface area contributed by atoms with Gasteiger partial charge in [-0.3, -0.25) is 4.99 Å². The van der Waals surface area contributed by atoms with Gasteiger partial charge in [-0.2, -0.15) is 0 Å². The van der Waals surface area contributed by atoms with Crippen LogP contribution in [-0.4, -0.2) is 34.7 Å². The average molecular weight is 301 g/mol. The van der Waals surface area contributed by atoms with Crippen LogP contribution in [0, 0.1) is 0 Å². The molecule has 0 aromatic heterocycles. The lowest BCUT2D eigenvalue weighted by Crippen LogP contribution is -2.12. The number of benzene rings is 2. The molecular weight excluding hydrogens is 282 g/mol. The molecule has 0 saturated carbocycles. The zero-order valence-electron chi connectivity index (χ0n) is 12.5. The molecule has 0 aliphatic rings. The molecule has 0 heterocycles. The summed E-state index contributed by atoms with van der Waals surface area (Å²) in [7, 11) is 1.55. The first kappa shape index (κ1) is 15.9. The number of phenols is 2. The average Bonchev–Trinajstić information content (AvgIpc) is 2.54. The third-order valence-corrected chi connectivity index (χ3v) is 3.38. The maximum atomic E-state index is 10.2. The van der Waals surface area contributed by atoms with Gasteiger partial charge in [0.15, 0.2) is 0 Å². The minimum Gasteiger partial charge on any atom is -0.508 e. The highest BCUT2D eigenvalue weighted by Crippen LogP contribution is 2.23. The molecule has 2 aromatic carbocycles. The Kier molecular flexibility index (Phi) is 5.01. The molecule has 3 N–H and O–H groups in total. The van der Waals surface area contributed by atoms with Crippen LogP contribution in [0.5, 0.6) is 17.2 Å². The number of aromatic hydroxyl groups is 2. The van der Waals surface area contributed by atoms with Gasteiger partial charge in [0.25, 0.3) is 0 Å². The van der Waals surface area contributed by atoms with Crippen LogP contribution in [0.3, 0.4) is 0 Å². The summed E-state index contributed by atoms with van der Waals surface area (Å²) in [6, 6.07) is 10.8. The van der Waals surface area contributed by atoms with Crippen LogP contribution in [0.2, 0.25) is 0 Å². The number of methoxy groups -OCH3 is 1. The van der Waals surface area contributed by atoms with E-state index in [1.54, 1.807) is 38.3 Å². The molecule has 0 unspecified atom stereocenters. The van der Waals surface area contributed by atoms with E-state index in [0.717, 1.165) is 0 Å². The van der Waals surface area contributed by atoms with E-state index in [0.29, 0.717) is 16.9 Å². The third kappa shape index (κ3) is 3.77. The third-order valence-electron chi connectivity index (χ3n) is 3.38. The predicted molar refractivity (Wildman–Crippen MR) is 84.8 cm³/mol. The second-order valence-corrected chi connectivity index (χ2v) is 4.98. The van der Waals surface area contributed by atoms with Crippen LogP contribution in [0.15, 0.2) is 47.5 Å². The van der Waals surface area contributed by atoms with Crippen molar-refractivity contribution in [1.29, 1.82) is 0 Å². The molecule has 0 aliphatic heterocycles. The van der Waals surface area contributed by atoms with Gasteiger partial charge in [-0.05, 0) is 42.8 Å². The van der Waals surface area contributed by atoms with Crippen LogP contribution in [0.4, 0.5) is 0 Å². The van der Waals surface area contributed by atoms with E-state index in [4.69, 9.17) is 4.74 Å². The van der Waals surface area contributed by atoms with Crippen LogP contribution in [0.1, 0.15) is 24.2 Å². The van der Waals surface area contributed by atoms with Crippen molar-refractivity contribution in [2.75, 3.05) is 7.11 Å². The van der Waals surface area contributed by atoms with Gasteiger partial charge in [0.1, 0.15) is 23.4 Å². The first-order chi connectivity index (χ1) is 10.5. The molecule has 0 radical (unpaired) electrons. The maximum Gasteiger partial charge on any atom is 0.124 e. The summed E-state index contributed by atoms with van der Waals surface area (Å²) in [6.45, 7) is 1.77. The van der Waals surface area contributed by atoms with Crippen molar-refractivity contribution in [3.05, 3.63) is 53.6 Å². The Morgan fingerprint density at radius 1 is 1.09 bits per heavy atom. The van der Waals surface area contributed by atoms with E-state index in [1.807, 2.05) is 0 Å². The predicted octanol–water partition coefficient (Wildman–Crippen LogP) is 2.65. The second-order valence-electron chi connectivity index (χ2n) is 4.98. The largest absolute Gasteiger partial charge is 0.508 e. The molecule has 0 amide bonds. The zero-order chi connectivity index (χ0) is 16.1. The summed E-state index contributed by atoms with van der Waals surface area (Å²) in [6.07, 6.45) is 0.705. The number of ether oxygens (including phenoxy) is 1. The van der Waals surface area contributed by atoms with Gasteiger partial charge < -0.3 is 20.1 Å². The van der Waals surface area contributed by atoms with Crippen LogP contribution in [-0.2, 0) is 0 Å². The highest BCUT2D eigenvalue weighted by atomic mass is 16.5. The molecule has 2 atom stereocenters. The molecule has 5 heteroatoms. The number of phenolic OH excluding ortho intramolecular Hbond substituents is 2. The topological polar surface area (TPSA) is 82.3 Å². The van der Waals surface area contributed by atoms with E-state index < -0.39 is 12.1 Å². The molecular formula is C17H19NO4. The standard InChI is InChI=1S/C17H19NO4/c1-11(17(21)12-3-5-14(19)6-4-12)18-10-13-9-15(22-2)7-8-16(13)20/h3-11,17,19-21H,1-2H3/t11-,17-/m0/s1. The fourth-order valence-corrected chi connectivity index (χ4v) is 1.99. The van der Waals surface area contributed by atoms with E-state index in [2.05, 4.69) is 4.99 Å². The number of aliphatic hydroxyl groups is 1. The second kappa shape index (κ2) is 6.95. The highest BCUT2D eigenvalue weighted by molar-refractivity contribution is 5.84. The Labute approximate surface area is 129 Å². The van der Waals surface area contributed by atoms with Crippen molar-refractivity contribution in [3.63, 3.8) is 0 Å². The summed E-state index contributed by atoms with van der Waals surface area (Å²) < 4.78 is 5.10. The van der Waals surface area contributed by atoms with Crippen molar-refractivity contribution < 1.29 is 20.1 Å². The van der Waals surface area contributed by atoms with Crippen molar-refractivity contribution in [2.45, 2.75) is 19.1 Å². The van der Waals surface area contributed by atoms with E-state index >= 15 is 0 Å².